The van der Waals surface area contributed by atoms with Crippen molar-refractivity contribution in [3.05, 3.63) is 12.2 Å². The van der Waals surface area contributed by atoms with Gasteiger partial charge in [-0.15, -0.1) is 0 Å². The van der Waals surface area contributed by atoms with Gasteiger partial charge in [0.25, 0.3) is 0 Å². The van der Waals surface area contributed by atoms with Crippen LogP contribution in [0.4, 0.5) is 0 Å². The Hall–Kier alpha value is -0.630. The van der Waals surface area contributed by atoms with E-state index >= 15 is 0 Å². The first-order valence-corrected chi connectivity index (χ1v) is 4.86. The predicted octanol–water partition coefficient (Wildman–Crippen LogP) is 1.93. The van der Waals surface area contributed by atoms with Gasteiger partial charge in [0, 0.05) is 5.92 Å². The Kier molecular flexibility index (Phi) is 2.91. The van der Waals surface area contributed by atoms with Gasteiger partial charge >= 0.3 is 0 Å². The molecule has 0 aromatic heterocycles. The van der Waals surface area contributed by atoms with E-state index in [1.807, 2.05) is 6.92 Å². The molecule has 0 unspecified atom stereocenters. The zero-order valence-corrected chi connectivity index (χ0v) is 8.58. The molecule has 0 bridgehead atoms. The van der Waals surface area contributed by atoms with Gasteiger partial charge in [-0.1, -0.05) is 19.1 Å². The van der Waals surface area contributed by atoms with Gasteiger partial charge in [0.2, 0.25) is 0 Å². The van der Waals surface area contributed by atoms with E-state index in [0.29, 0.717) is 0 Å². The lowest BCUT2D eigenvalue weighted by Crippen LogP contribution is -2.39. The van der Waals surface area contributed by atoms with Crippen LogP contribution in [0.2, 0.25) is 0 Å². The molecule has 0 aromatic rings. The first kappa shape index (κ1) is 10.5. The van der Waals surface area contributed by atoms with Crippen molar-refractivity contribution in [2.45, 2.75) is 39.2 Å². The number of allylic oxidation sites excluding steroid dienone is 2. The molecule has 0 heterocycles. The van der Waals surface area contributed by atoms with Crippen molar-refractivity contribution in [2.24, 2.45) is 11.8 Å². The third kappa shape index (κ3) is 2.41. The molecule has 2 heteroatoms. The molecule has 0 spiro atoms. The van der Waals surface area contributed by atoms with E-state index < -0.39 is 5.60 Å². The zero-order chi connectivity index (χ0) is 10.1. The highest BCUT2D eigenvalue weighted by Gasteiger charge is 2.34. The number of carbonyl (C=O) groups excluding carboxylic acids is 1. The Balaban J connectivity index is 2.72. The van der Waals surface area contributed by atoms with E-state index in [0.717, 1.165) is 12.8 Å². The summed E-state index contributed by atoms with van der Waals surface area (Å²) in [5.74, 6) is 0.252. The second kappa shape index (κ2) is 3.62. The van der Waals surface area contributed by atoms with E-state index in [1.165, 1.54) is 0 Å². The molecule has 13 heavy (non-hydrogen) atoms. The summed E-state index contributed by atoms with van der Waals surface area (Å²) in [4.78, 5) is 11.7. The Labute approximate surface area is 79.6 Å². The quantitative estimate of drug-likeness (QED) is 0.662. The van der Waals surface area contributed by atoms with Gasteiger partial charge in [-0.05, 0) is 32.6 Å². The van der Waals surface area contributed by atoms with Crippen LogP contribution in [-0.2, 0) is 4.79 Å². The third-order valence-corrected chi connectivity index (χ3v) is 2.66. The van der Waals surface area contributed by atoms with Crippen LogP contribution < -0.4 is 0 Å². The highest BCUT2D eigenvalue weighted by Crippen LogP contribution is 2.28. The Morgan fingerprint density at radius 1 is 1.54 bits per heavy atom. The van der Waals surface area contributed by atoms with Crippen molar-refractivity contribution in [1.29, 1.82) is 0 Å². The smallest absolute Gasteiger partial charge is 0.167 e. The largest absolute Gasteiger partial charge is 0.383 e. The molecule has 0 saturated carbocycles. The maximum Gasteiger partial charge on any atom is 0.167 e. The first-order valence-electron chi connectivity index (χ1n) is 4.86. The summed E-state index contributed by atoms with van der Waals surface area (Å²) >= 11 is 0. The van der Waals surface area contributed by atoms with Crippen LogP contribution in [0.25, 0.3) is 0 Å². The molecule has 1 aliphatic carbocycles. The second-order valence-electron chi connectivity index (χ2n) is 4.39. The van der Waals surface area contributed by atoms with Crippen LogP contribution in [0, 0.1) is 11.8 Å². The van der Waals surface area contributed by atoms with Crippen molar-refractivity contribution >= 4 is 5.78 Å². The summed E-state index contributed by atoms with van der Waals surface area (Å²) in [7, 11) is 0. The second-order valence-corrected chi connectivity index (χ2v) is 4.39. The minimum Gasteiger partial charge on any atom is -0.383 e. The van der Waals surface area contributed by atoms with Crippen LogP contribution in [0.5, 0.6) is 0 Å². The third-order valence-electron chi connectivity index (χ3n) is 2.66. The lowest BCUT2D eigenvalue weighted by molar-refractivity contribution is -0.139. The van der Waals surface area contributed by atoms with Crippen LogP contribution in [0.1, 0.15) is 33.6 Å². The summed E-state index contributed by atoms with van der Waals surface area (Å²) < 4.78 is 0. The molecule has 0 fully saturated rings. The number of hydrogen-bond acceptors (Lipinski definition) is 2. The monoisotopic (exact) mass is 182 g/mol. The van der Waals surface area contributed by atoms with Gasteiger partial charge < -0.3 is 5.11 Å². The highest BCUT2D eigenvalue weighted by atomic mass is 16.3. The predicted molar refractivity (Wildman–Crippen MR) is 52.3 cm³/mol. The average molecular weight is 182 g/mol. The van der Waals surface area contributed by atoms with E-state index in [4.69, 9.17) is 0 Å². The Morgan fingerprint density at radius 3 is 2.62 bits per heavy atom. The number of rotatable bonds is 2. The summed E-state index contributed by atoms with van der Waals surface area (Å²) in [5.41, 5.74) is -1.18. The SMILES string of the molecule is C[C@@H]1C=CCC[C@@H]1C(=O)C(C)(C)O. The fourth-order valence-electron chi connectivity index (χ4n) is 1.81. The molecule has 1 N–H and O–H groups in total. The maximum absolute atomic E-state index is 11.7. The molecular formula is C11H18O2. The van der Waals surface area contributed by atoms with Gasteiger partial charge in [0.15, 0.2) is 5.78 Å². The summed E-state index contributed by atoms with van der Waals surface area (Å²) in [5, 5.41) is 9.58. The lowest BCUT2D eigenvalue weighted by atomic mass is 9.78. The molecule has 1 aliphatic rings. The highest BCUT2D eigenvalue weighted by molar-refractivity contribution is 5.88. The van der Waals surface area contributed by atoms with Crippen molar-refractivity contribution in [2.75, 3.05) is 0 Å². The molecule has 0 radical (unpaired) electrons. The molecule has 0 aromatic carbocycles. The van der Waals surface area contributed by atoms with Crippen LogP contribution in [0.15, 0.2) is 12.2 Å². The molecule has 2 nitrogen and oxygen atoms in total. The van der Waals surface area contributed by atoms with Crippen molar-refractivity contribution in [1.82, 2.24) is 0 Å². The number of hydrogen-bond donors (Lipinski definition) is 1. The van der Waals surface area contributed by atoms with Crippen molar-refractivity contribution in [3.63, 3.8) is 0 Å². The van der Waals surface area contributed by atoms with E-state index in [2.05, 4.69) is 12.2 Å². The number of ketones is 1. The number of aliphatic hydroxyl groups is 1. The summed E-state index contributed by atoms with van der Waals surface area (Å²) in [6.07, 6.45) is 6.01. The normalized spacial score (nSPS) is 28.9. The van der Waals surface area contributed by atoms with E-state index in [9.17, 15) is 9.90 Å². The molecule has 0 saturated heterocycles. The van der Waals surface area contributed by atoms with Crippen molar-refractivity contribution < 1.29 is 9.90 Å². The molecule has 1 rings (SSSR count). The van der Waals surface area contributed by atoms with Crippen molar-refractivity contribution in [3.8, 4) is 0 Å². The molecular weight excluding hydrogens is 164 g/mol. The zero-order valence-electron chi connectivity index (χ0n) is 8.58. The average Bonchev–Trinajstić information content (AvgIpc) is 2.02. The van der Waals surface area contributed by atoms with Gasteiger partial charge in [0.1, 0.15) is 5.60 Å². The number of carbonyl (C=O) groups is 1. The molecule has 0 aliphatic heterocycles. The van der Waals surface area contributed by atoms with E-state index in [-0.39, 0.29) is 17.6 Å². The van der Waals surface area contributed by atoms with Gasteiger partial charge in [0.05, 0.1) is 0 Å². The Morgan fingerprint density at radius 2 is 2.15 bits per heavy atom. The summed E-state index contributed by atoms with van der Waals surface area (Å²) in [6, 6.07) is 0. The van der Waals surface area contributed by atoms with Gasteiger partial charge in [-0.2, -0.15) is 0 Å². The lowest BCUT2D eigenvalue weighted by Gasteiger charge is -2.28. The maximum atomic E-state index is 11.7. The first-order chi connectivity index (χ1) is 5.93. The number of Topliss-reactive ketones (excluding diaryl/α,β-unsaturated/α-hetero) is 1. The minimum atomic E-state index is -1.18. The summed E-state index contributed by atoms with van der Waals surface area (Å²) in [6.45, 7) is 5.17. The standard InChI is InChI=1S/C11H18O2/c1-8-6-4-5-7-9(8)10(12)11(2,3)13/h4,6,8-9,13H,5,7H2,1-3H3/t8-,9+/m1/s1. The topological polar surface area (TPSA) is 37.3 Å². The van der Waals surface area contributed by atoms with Gasteiger partial charge in [-0.3, -0.25) is 4.79 Å². The Bertz CT molecular complexity index is 223. The van der Waals surface area contributed by atoms with Crippen LogP contribution in [-0.4, -0.2) is 16.5 Å². The fraction of sp³-hybridized carbons (Fsp3) is 0.727. The van der Waals surface area contributed by atoms with Gasteiger partial charge in [-0.25, -0.2) is 0 Å². The van der Waals surface area contributed by atoms with Crippen LogP contribution in [0.3, 0.4) is 0 Å². The van der Waals surface area contributed by atoms with E-state index in [1.54, 1.807) is 13.8 Å². The van der Waals surface area contributed by atoms with Crippen LogP contribution >= 0.6 is 0 Å². The molecule has 0 amide bonds. The molecule has 74 valence electrons. The minimum absolute atomic E-state index is 0.00463. The fourth-order valence-corrected chi connectivity index (χ4v) is 1.81. The molecule has 2 atom stereocenters.